The van der Waals surface area contributed by atoms with E-state index in [0.29, 0.717) is 29.9 Å². The molecule has 2 fully saturated rings. The number of anilines is 1. The van der Waals surface area contributed by atoms with Crippen LogP contribution in [-0.2, 0) is 0 Å². The average molecular weight is 369 g/mol. The summed E-state index contributed by atoms with van der Waals surface area (Å²) in [6, 6.07) is 10.6. The highest BCUT2D eigenvalue weighted by molar-refractivity contribution is 5.94. The highest BCUT2D eigenvalue weighted by atomic mass is 19.1. The maximum Gasteiger partial charge on any atom is 0.253 e. The van der Waals surface area contributed by atoms with Crippen molar-refractivity contribution in [3.05, 3.63) is 54.0 Å². The van der Waals surface area contributed by atoms with Gasteiger partial charge in [-0.05, 0) is 49.9 Å². The van der Waals surface area contributed by atoms with Crippen LogP contribution >= 0.6 is 0 Å². The zero-order valence-corrected chi connectivity index (χ0v) is 15.2. The summed E-state index contributed by atoms with van der Waals surface area (Å²) in [6.45, 7) is 2.23. The molecule has 0 spiro atoms. The van der Waals surface area contributed by atoms with E-state index in [1.165, 1.54) is 6.07 Å². The van der Waals surface area contributed by atoms with E-state index in [1.807, 2.05) is 12.1 Å². The van der Waals surface area contributed by atoms with Crippen LogP contribution in [0, 0.1) is 11.7 Å². The van der Waals surface area contributed by atoms with Gasteiger partial charge in [0.2, 0.25) is 0 Å². The van der Waals surface area contributed by atoms with Gasteiger partial charge in [0, 0.05) is 31.2 Å². The number of aromatic nitrogens is 1. The van der Waals surface area contributed by atoms with E-state index in [2.05, 4.69) is 15.2 Å². The third kappa shape index (κ3) is 4.56. The number of amides is 1. The largest absolute Gasteiger partial charge is 0.490 e. The minimum atomic E-state index is -0.327. The fourth-order valence-electron chi connectivity index (χ4n) is 3.38. The second-order valence-electron chi connectivity index (χ2n) is 7.35. The summed E-state index contributed by atoms with van der Waals surface area (Å²) in [5, 5.41) is 2.97. The Labute approximate surface area is 158 Å². The molecule has 27 heavy (non-hydrogen) atoms. The Balaban J connectivity index is 1.33. The maximum absolute atomic E-state index is 13.7. The number of benzene rings is 1. The second kappa shape index (κ2) is 7.94. The van der Waals surface area contributed by atoms with Gasteiger partial charge < -0.3 is 15.0 Å². The molecule has 5 nitrogen and oxygen atoms in total. The van der Waals surface area contributed by atoms with Crippen LogP contribution in [0.2, 0.25) is 0 Å². The molecular weight excluding hydrogens is 345 g/mol. The lowest BCUT2D eigenvalue weighted by atomic mass is 9.99. The number of ether oxygens (including phenoxy) is 1. The van der Waals surface area contributed by atoms with Crippen LogP contribution in [0.15, 0.2) is 42.6 Å². The molecule has 1 N–H and O–H groups in total. The molecule has 1 aliphatic carbocycles. The third-order valence-electron chi connectivity index (χ3n) is 5.08. The molecule has 1 amide bonds. The number of pyridine rings is 1. The first-order valence-electron chi connectivity index (χ1n) is 9.58. The number of para-hydroxylation sites is 1. The smallest absolute Gasteiger partial charge is 0.253 e. The molecule has 2 aromatic rings. The highest BCUT2D eigenvalue weighted by Gasteiger charge is 2.25. The lowest BCUT2D eigenvalue weighted by Crippen LogP contribution is -2.38. The lowest BCUT2D eigenvalue weighted by Gasteiger charge is -2.33. The van der Waals surface area contributed by atoms with Crippen LogP contribution in [-0.4, -0.2) is 36.6 Å². The number of hydrogen-bond donors (Lipinski definition) is 1. The van der Waals surface area contributed by atoms with Crippen LogP contribution in [0.3, 0.4) is 0 Å². The molecule has 142 valence electrons. The zero-order chi connectivity index (χ0) is 18.6. The quantitative estimate of drug-likeness (QED) is 0.848. The van der Waals surface area contributed by atoms with Gasteiger partial charge in [-0.2, -0.15) is 0 Å². The van der Waals surface area contributed by atoms with E-state index in [-0.39, 0.29) is 11.7 Å². The molecule has 1 aliphatic heterocycles. The molecule has 0 bridgehead atoms. The Bertz CT molecular complexity index is 792. The van der Waals surface area contributed by atoms with Crippen molar-refractivity contribution in [1.82, 2.24) is 10.3 Å². The summed E-state index contributed by atoms with van der Waals surface area (Å²) in [4.78, 5) is 18.8. The van der Waals surface area contributed by atoms with E-state index >= 15 is 0 Å². The zero-order valence-electron chi connectivity index (χ0n) is 15.2. The fourth-order valence-corrected chi connectivity index (χ4v) is 3.38. The van der Waals surface area contributed by atoms with Gasteiger partial charge in [-0.1, -0.05) is 12.1 Å². The van der Waals surface area contributed by atoms with Crippen molar-refractivity contribution >= 4 is 11.7 Å². The number of hydrogen-bond acceptors (Lipinski definition) is 4. The molecule has 1 saturated heterocycles. The number of nitrogens with one attached hydrogen (secondary N) is 1. The predicted molar refractivity (Wildman–Crippen MR) is 102 cm³/mol. The summed E-state index contributed by atoms with van der Waals surface area (Å²) < 4.78 is 19.4. The monoisotopic (exact) mass is 369 g/mol. The van der Waals surface area contributed by atoms with E-state index in [4.69, 9.17) is 4.74 Å². The summed E-state index contributed by atoms with van der Waals surface area (Å²) in [7, 11) is 0. The molecule has 2 heterocycles. The van der Waals surface area contributed by atoms with Crippen molar-refractivity contribution in [2.75, 3.05) is 24.6 Å². The molecule has 1 unspecified atom stereocenters. The second-order valence-corrected chi connectivity index (χ2v) is 7.35. The van der Waals surface area contributed by atoms with Crippen LogP contribution < -0.4 is 15.0 Å². The summed E-state index contributed by atoms with van der Waals surface area (Å²) in [5.74, 6) is 1.11. The van der Waals surface area contributed by atoms with Crippen molar-refractivity contribution < 1.29 is 13.9 Å². The van der Waals surface area contributed by atoms with Gasteiger partial charge in [0.15, 0.2) is 11.6 Å². The Hall–Kier alpha value is -2.63. The number of carbonyl (C=O) groups excluding carboxylic acids is 1. The van der Waals surface area contributed by atoms with Crippen molar-refractivity contribution in [3.63, 3.8) is 0 Å². The number of piperidine rings is 1. The molecule has 1 saturated carbocycles. The third-order valence-corrected chi connectivity index (χ3v) is 5.08. The van der Waals surface area contributed by atoms with E-state index in [1.54, 1.807) is 24.4 Å². The van der Waals surface area contributed by atoms with Gasteiger partial charge in [0.05, 0.1) is 12.2 Å². The molecule has 2 aliphatic rings. The molecule has 1 atom stereocenters. The normalized spacial score (nSPS) is 19.6. The molecule has 1 aromatic carbocycles. The first-order valence-corrected chi connectivity index (χ1v) is 9.58. The average Bonchev–Trinajstić information content (AvgIpc) is 3.52. The minimum Gasteiger partial charge on any atom is -0.490 e. The van der Waals surface area contributed by atoms with Crippen molar-refractivity contribution in [3.8, 4) is 5.75 Å². The van der Waals surface area contributed by atoms with E-state index in [0.717, 1.165) is 44.6 Å². The van der Waals surface area contributed by atoms with Crippen LogP contribution in [0.25, 0.3) is 0 Å². The lowest BCUT2D eigenvalue weighted by molar-refractivity contribution is 0.0950. The number of halogens is 1. The number of rotatable bonds is 6. The molecular formula is C21H24FN3O2. The first kappa shape index (κ1) is 17.8. The maximum atomic E-state index is 13.7. The van der Waals surface area contributed by atoms with Crippen LogP contribution in [0.5, 0.6) is 5.75 Å². The van der Waals surface area contributed by atoms with Gasteiger partial charge in [0.1, 0.15) is 5.82 Å². The number of carbonyl (C=O) groups is 1. The predicted octanol–water partition coefficient (Wildman–Crippen LogP) is 3.41. The Morgan fingerprint density at radius 1 is 1.22 bits per heavy atom. The first-order chi connectivity index (χ1) is 13.2. The van der Waals surface area contributed by atoms with Gasteiger partial charge in [-0.3, -0.25) is 4.79 Å². The SMILES string of the molecule is O=C(NC1CC1)c1ccc(N2CCCC(COc3ccccc3F)C2)nc1. The van der Waals surface area contributed by atoms with E-state index < -0.39 is 0 Å². The van der Waals surface area contributed by atoms with Crippen LogP contribution in [0.4, 0.5) is 10.2 Å². The molecule has 4 rings (SSSR count). The van der Waals surface area contributed by atoms with Gasteiger partial charge in [-0.25, -0.2) is 9.37 Å². The summed E-state index contributed by atoms with van der Waals surface area (Å²) >= 11 is 0. The Kier molecular flexibility index (Phi) is 5.23. The molecule has 0 radical (unpaired) electrons. The van der Waals surface area contributed by atoms with Gasteiger partial charge >= 0.3 is 0 Å². The van der Waals surface area contributed by atoms with Crippen molar-refractivity contribution in [2.24, 2.45) is 5.92 Å². The topological polar surface area (TPSA) is 54.5 Å². The van der Waals surface area contributed by atoms with E-state index in [9.17, 15) is 9.18 Å². The number of nitrogens with zero attached hydrogens (tertiary/aromatic N) is 2. The Morgan fingerprint density at radius 3 is 2.81 bits per heavy atom. The van der Waals surface area contributed by atoms with Gasteiger partial charge in [-0.15, -0.1) is 0 Å². The standard InChI is InChI=1S/C21H24FN3O2/c22-18-5-1-2-6-19(18)27-14-15-4-3-11-25(13-15)20-10-7-16(12-23-20)21(26)24-17-8-9-17/h1-2,5-7,10,12,15,17H,3-4,8-9,11,13-14H2,(H,24,26). The Morgan fingerprint density at radius 2 is 2.07 bits per heavy atom. The van der Waals surface area contributed by atoms with Gasteiger partial charge in [0.25, 0.3) is 5.91 Å². The minimum absolute atomic E-state index is 0.0497. The molecule has 1 aromatic heterocycles. The van der Waals surface area contributed by atoms with Crippen molar-refractivity contribution in [2.45, 2.75) is 31.7 Å². The highest BCUT2D eigenvalue weighted by Crippen LogP contribution is 2.24. The summed E-state index contributed by atoms with van der Waals surface area (Å²) in [5.41, 5.74) is 0.599. The summed E-state index contributed by atoms with van der Waals surface area (Å²) in [6.07, 6.45) is 5.87. The van der Waals surface area contributed by atoms with Crippen molar-refractivity contribution in [1.29, 1.82) is 0 Å². The molecule has 6 heteroatoms. The fraction of sp³-hybridized carbons (Fsp3) is 0.429. The van der Waals surface area contributed by atoms with Crippen LogP contribution in [0.1, 0.15) is 36.0 Å².